The van der Waals surface area contributed by atoms with E-state index in [1.165, 1.54) is 16.7 Å². The van der Waals surface area contributed by atoms with E-state index < -0.39 is 26.1 Å². The van der Waals surface area contributed by atoms with Gasteiger partial charge in [-0.3, -0.25) is 14.2 Å². The highest BCUT2D eigenvalue weighted by molar-refractivity contribution is 6.74. The zero-order chi connectivity index (χ0) is 24.5. The van der Waals surface area contributed by atoms with Crippen LogP contribution in [0.5, 0.6) is 0 Å². The first-order valence-electron chi connectivity index (χ1n) is 10.9. The molecule has 2 aromatic rings. The average Bonchev–Trinajstić information content (AvgIpc) is 3.02. The number of benzene rings is 1. The number of carbonyl (C=O) groups excluding carboxylic acids is 2. The Labute approximate surface area is 192 Å². The Morgan fingerprint density at radius 3 is 2.22 bits per heavy atom. The van der Waals surface area contributed by atoms with Crippen LogP contribution in [0.25, 0.3) is 10.9 Å². The minimum Gasteiger partial charge on any atom is -0.443 e. The van der Waals surface area contributed by atoms with E-state index in [2.05, 4.69) is 33.9 Å². The predicted octanol–water partition coefficient (Wildman–Crippen LogP) is 5.38. The molecule has 0 aliphatic carbocycles. The van der Waals surface area contributed by atoms with Crippen molar-refractivity contribution in [3.05, 3.63) is 36.0 Å². The molecule has 7 nitrogen and oxygen atoms in total. The number of nitrogens with zero attached hydrogens (tertiary/aromatic N) is 2. The van der Waals surface area contributed by atoms with Gasteiger partial charge in [-0.1, -0.05) is 39.0 Å². The van der Waals surface area contributed by atoms with Crippen LogP contribution in [-0.2, 0) is 25.2 Å². The monoisotopic (exact) mass is 462 g/mol. The third-order valence-electron chi connectivity index (χ3n) is 5.89. The molecule has 1 amide bonds. The molecule has 0 unspecified atom stereocenters. The van der Waals surface area contributed by atoms with Gasteiger partial charge in [0.25, 0.3) is 5.91 Å². The highest BCUT2D eigenvalue weighted by Crippen LogP contribution is 2.38. The van der Waals surface area contributed by atoms with Crippen molar-refractivity contribution >= 4 is 31.2 Å². The van der Waals surface area contributed by atoms with Crippen molar-refractivity contribution in [3.8, 4) is 0 Å². The first-order valence-corrected chi connectivity index (χ1v) is 13.8. The molecule has 1 atom stereocenters. The number of para-hydroxylation sites is 1. The standard InChI is InChI=1S/C24H38N2O5Si/c1-23(2,3)30-22(28)26-16-17(18-13-11-12-14-19(18)26)15-20(21(27)25(7)29-8)31-32(9,10)24(4,5)6/h11-14,16,20H,15H2,1-10H3/t20-/m0/s1. The van der Waals surface area contributed by atoms with E-state index in [4.69, 9.17) is 14.0 Å². The number of rotatable bonds is 6. The number of hydrogen-bond donors (Lipinski definition) is 0. The molecule has 0 radical (unpaired) electrons. The van der Waals surface area contributed by atoms with Crippen molar-refractivity contribution < 1.29 is 23.6 Å². The first-order chi connectivity index (χ1) is 14.6. The van der Waals surface area contributed by atoms with Crippen LogP contribution in [0.1, 0.15) is 47.1 Å². The number of ether oxygens (including phenoxy) is 1. The summed E-state index contributed by atoms with van der Waals surface area (Å²) in [4.78, 5) is 31.1. The zero-order valence-electron chi connectivity index (χ0n) is 21.1. The zero-order valence-corrected chi connectivity index (χ0v) is 22.1. The summed E-state index contributed by atoms with van der Waals surface area (Å²) in [7, 11) is 0.773. The molecule has 0 N–H and O–H groups in total. The lowest BCUT2D eigenvalue weighted by atomic mass is 10.1. The topological polar surface area (TPSA) is 70.0 Å². The van der Waals surface area contributed by atoms with Gasteiger partial charge in [0.2, 0.25) is 0 Å². The van der Waals surface area contributed by atoms with Gasteiger partial charge in [-0.2, -0.15) is 0 Å². The minimum absolute atomic E-state index is 0.0678. The Balaban J connectivity index is 2.50. The minimum atomic E-state index is -2.26. The quantitative estimate of drug-likeness (QED) is 0.426. The van der Waals surface area contributed by atoms with E-state index in [9.17, 15) is 9.59 Å². The van der Waals surface area contributed by atoms with E-state index >= 15 is 0 Å². The smallest absolute Gasteiger partial charge is 0.419 e. The molecule has 0 bridgehead atoms. The average molecular weight is 463 g/mol. The van der Waals surface area contributed by atoms with E-state index in [1.54, 1.807) is 13.2 Å². The molecule has 0 aliphatic rings. The number of amides is 1. The largest absolute Gasteiger partial charge is 0.443 e. The van der Waals surface area contributed by atoms with Crippen molar-refractivity contribution in [2.75, 3.05) is 14.2 Å². The third kappa shape index (κ3) is 5.99. The number of carbonyl (C=O) groups is 2. The molecule has 8 heteroatoms. The van der Waals surface area contributed by atoms with Crippen LogP contribution in [0.3, 0.4) is 0 Å². The van der Waals surface area contributed by atoms with Gasteiger partial charge >= 0.3 is 6.09 Å². The summed E-state index contributed by atoms with van der Waals surface area (Å²) in [5.41, 5.74) is 0.955. The summed E-state index contributed by atoms with van der Waals surface area (Å²) in [5.74, 6) is -0.258. The van der Waals surface area contributed by atoms with Crippen molar-refractivity contribution in [2.45, 2.75) is 77.8 Å². The Kier molecular flexibility index (Phi) is 7.64. The van der Waals surface area contributed by atoms with Gasteiger partial charge in [0.05, 0.1) is 12.6 Å². The third-order valence-corrected chi connectivity index (χ3v) is 10.4. The number of fused-ring (bicyclic) bond motifs is 1. The molecule has 2 rings (SSSR count). The summed E-state index contributed by atoms with van der Waals surface area (Å²) in [6, 6.07) is 7.60. The molecule has 0 spiro atoms. The summed E-state index contributed by atoms with van der Waals surface area (Å²) in [6.07, 6.45) is 0.872. The van der Waals surface area contributed by atoms with E-state index in [1.807, 2.05) is 45.0 Å². The second-order valence-corrected chi connectivity index (χ2v) is 15.4. The van der Waals surface area contributed by atoms with E-state index in [-0.39, 0.29) is 10.9 Å². The van der Waals surface area contributed by atoms with Gasteiger partial charge < -0.3 is 9.16 Å². The molecular formula is C24H38N2O5Si. The highest BCUT2D eigenvalue weighted by Gasteiger charge is 2.41. The van der Waals surface area contributed by atoms with Crippen LogP contribution in [0.2, 0.25) is 18.1 Å². The summed E-state index contributed by atoms with van der Waals surface area (Å²) < 4.78 is 13.6. The van der Waals surface area contributed by atoms with Crippen molar-refractivity contribution in [2.24, 2.45) is 0 Å². The maximum Gasteiger partial charge on any atom is 0.419 e. The fourth-order valence-corrected chi connectivity index (χ4v) is 4.33. The molecule has 0 saturated carbocycles. The van der Waals surface area contributed by atoms with Gasteiger partial charge in [-0.25, -0.2) is 9.86 Å². The number of hydrogen-bond acceptors (Lipinski definition) is 5. The summed E-state index contributed by atoms with van der Waals surface area (Å²) >= 11 is 0. The van der Waals surface area contributed by atoms with Crippen LogP contribution < -0.4 is 0 Å². The fraction of sp³-hybridized carbons (Fsp3) is 0.583. The van der Waals surface area contributed by atoms with Gasteiger partial charge in [0.1, 0.15) is 11.7 Å². The number of likely N-dealkylation sites (N-methyl/N-ethyl adjacent to an activating group) is 1. The van der Waals surface area contributed by atoms with E-state index in [0.717, 1.165) is 16.5 Å². The van der Waals surface area contributed by atoms with E-state index in [0.29, 0.717) is 6.42 Å². The van der Waals surface area contributed by atoms with Gasteiger partial charge in [0.15, 0.2) is 8.32 Å². The Bertz CT molecular complexity index is 969. The first kappa shape index (κ1) is 26.1. The van der Waals surface area contributed by atoms with Crippen LogP contribution >= 0.6 is 0 Å². The Hall–Kier alpha value is -2.16. The Morgan fingerprint density at radius 2 is 1.69 bits per heavy atom. The Morgan fingerprint density at radius 1 is 1.09 bits per heavy atom. The van der Waals surface area contributed by atoms with Crippen LogP contribution in [0.15, 0.2) is 30.5 Å². The maximum absolute atomic E-state index is 13.1. The second kappa shape index (κ2) is 9.37. The van der Waals surface area contributed by atoms with Crippen molar-refractivity contribution in [1.29, 1.82) is 0 Å². The predicted molar refractivity (Wildman–Crippen MR) is 129 cm³/mol. The van der Waals surface area contributed by atoms with Gasteiger partial charge in [0, 0.05) is 25.1 Å². The molecular weight excluding hydrogens is 424 g/mol. The lowest BCUT2D eigenvalue weighted by Crippen LogP contribution is -2.49. The molecule has 1 heterocycles. The molecule has 1 aromatic carbocycles. The normalized spacial score (nSPS) is 13.8. The molecule has 32 heavy (non-hydrogen) atoms. The lowest BCUT2D eigenvalue weighted by Gasteiger charge is -2.39. The van der Waals surface area contributed by atoms with Gasteiger partial charge in [-0.15, -0.1) is 0 Å². The van der Waals surface area contributed by atoms with Crippen LogP contribution in [-0.4, -0.2) is 55.8 Å². The maximum atomic E-state index is 13.1. The SMILES string of the molecule is CON(C)C(=O)[C@H](Cc1cn(C(=O)OC(C)(C)C)c2ccccc12)O[Si](C)(C)C(C)(C)C. The second-order valence-electron chi connectivity index (χ2n) is 10.6. The molecule has 0 aliphatic heterocycles. The lowest BCUT2D eigenvalue weighted by molar-refractivity contribution is -0.176. The molecule has 0 saturated heterocycles. The molecule has 178 valence electrons. The number of aromatic nitrogens is 1. The highest BCUT2D eigenvalue weighted by atomic mass is 28.4. The fourth-order valence-electron chi connectivity index (χ4n) is 3.08. The van der Waals surface area contributed by atoms with Crippen LogP contribution in [0, 0.1) is 0 Å². The van der Waals surface area contributed by atoms with Gasteiger partial charge in [-0.05, 0) is 50.5 Å². The van der Waals surface area contributed by atoms with Crippen LogP contribution in [0.4, 0.5) is 4.79 Å². The summed E-state index contributed by atoms with van der Waals surface area (Å²) in [6.45, 7) is 16.1. The molecule has 0 fully saturated rings. The summed E-state index contributed by atoms with van der Waals surface area (Å²) in [5, 5.41) is 2.02. The number of hydroxylamine groups is 2. The van der Waals surface area contributed by atoms with Crippen molar-refractivity contribution in [1.82, 2.24) is 9.63 Å². The van der Waals surface area contributed by atoms with Crippen molar-refractivity contribution in [3.63, 3.8) is 0 Å². The molecule has 1 aromatic heterocycles.